The van der Waals surface area contributed by atoms with Crippen molar-refractivity contribution in [2.75, 3.05) is 0 Å². The first kappa shape index (κ1) is 11.8. The molecule has 5 heteroatoms. The van der Waals surface area contributed by atoms with Gasteiger partial charge < -0.3 is 5.11 Å². The van der Waals surface area contributed by atoms with Crippen LogP contribution in [-0.4, -0.2) is 14.9 Å². The third kappa shape index (κ3) is 7.15. The highest BCUT2D eigenvalue weighted by atomic mass is 31.1. The molecule has 13 heavy (non-hydrogen) atoms. The summed E-state index contributed by atoms with van der Waals surface area (Å²) < 4.78 is 8.70. The van der Waals surface area contributed by atoms with E-state index in [0.29, 0.717) is 5.75 Å². The molecule has 0 spiro atoms. The van der Waals surface area contributed by atoms with Crippen LogP contribution >= 0.6 is 8.25 Å². The fourth-order valence-corrected chi connectivity index (χ4v) is 0.610. The lowest BCUT2D eigenvalue weighted by atomic mass is 10.2. The quantitative estimate of drug-likeness (QED) is 0.604. The first-order valence-corrected chi connectivity index (χ1v) is 4.49. The average Bonchev–Trinajstić information content (AvgIpc) is 2.05. The van der Waals surface area contributed by atoms with Crippen LogP contribution in [0.2, 0.25) is 0 Å². The molecular weight excluding hydrogens is 191 g/mol. The van der Waals surface area contributed by atoms with Gasteiger partial charge in [0.2, 0.25) is 0 Å². The van der Waals surface area contributed by atoms with E-state index in [1.807, 2.05) is 12.1 Å². The van der Waals surface area contributed by atoms with Gasteiger partial charge >= 0.3 is 8.25 Å². The monoisotopic (exact) mass is 201 g/mol. The predicted molar refractivity (Wildman–Crippen MR) is 50.2 cm³/mol. The molecule has 1 aromatic carbocycles. The van der Waals surface area contributed by atoms with Crippen LogP contribution in [0.1, 0.15) is 5.56 Å². The molecule has 0 aliphatic carbocycles. The Labute approximate surface area is 76.7 Å². The molecule has 4 nitrogen and oxygen atoms in total. The van der Waals surface area contributed by atoms with E-state index < -0.39 is 8.25 Å². The van der Waals surface area contributed by atoms with E-state index in [9.17, 15) is 0 Å². The minimum absolute atomic E-state index is 0.292. The van der Waals surface area contributed by atoms with Gasteiger partial charge in [0.1, 0.15) is 5.75 Å². The topological polar surface area (TPSA) is 77.8 Å². The second-order valence-corrected chi connectivity index (χ2v) is 2.55. The molecule has 0 unspecified atom stereocenters. The number of hydrogen-bond donors (Lipinski definition) is 3. The van der Waals surface area contributed by atoms with Crippen molar-refractivity contribution in [1.29, 1.82) is 0 Å². The normalized spacial score (nSPS) is 8.15. The summed E-state index contributed by atoms with van der Waals surface area (Å²) >= 11 is 0. The summed E-state index contributed by atoms with van der Waals surface area (Å²) in [6, 6.07) is 6.89. The van der Waals surface area contributed by atoms with Gasteiger partial charge in [-0.2, -0.15) is 0 Å². The lowest BCUT2D eigenvalue weighted by molar-refractivity contribution is 0.405. The smallest absolute Gasteiger partial charge is 0.508 e. The summed E-state index contributed by atoms with van der Waals surface area (Å²) in [7, 11) is -2.87. The zero-order chi connectivity index (χ0) is 10.3. The van der Waals surface area contributed by atoms with Crippen molar-refractivity contribution in [3.05, 3.63) is 36.4 Å². The summed E-state index contributed by atoms with van der Waals surface area (Å²) in [5, 5.41) is 8.82. The number of benzene rings is 1. The molecule has 0 aliphatic heterocycles. The summed E-state index contributed by atoms with van der Waals surface area (Å²) in [5.74, 6) is 0.292. The van der Waals surface area contributed by atoms with Crippen molar-refractivity contribution < 1.29 is 19.5 Å². The maximum absolute atomic E-state index is 8.82. The third-order valence-electron chi connectivity index (χ3n) is 1.13. The Hall–Kier alpha value is -1.22. The average molecular weight is 201 g/mol. The Morgan fingerprint density at radius 1 is 1.23 bits per heavy atom. The summed E-state index contributed by atoms with van der Waals surface area (Å²) in [5.41, 5.74) is 1.02. The molecule has 0 radical (unpaired) electrons. The zero-order valence-corrected chi connectivity index (χ0v) is 7.69. The van der Waals surface area contributed by atoms with E-state index >= 15 is 0 Å². The van der Waals surface area contributed by atoms with Crippen LogP contribution in [-0.2, 0) is 4.57 Å². The van der Waals surface area contributed by atoms with Crippen molar-refractivity contribution in [3.8, 4) is 5.75 Å². The van der Waals surface area contributed by atoms with Gasteiger partial charge in [0, 0.05) is 4.57 Å². The van der Waals surface area contributed by atoms with E-state index in [-0.39, 0.29) is 0 Å². The molecule has 0 saturated heterocycles. The van der Waals surface area contributed by atoms with Gasteiger partial charge in [-0.1, -0.05) is 24.8 Å². The van der Waals surface area contributed by atoms with Crippen LogP contribution in [0.3, 0.4) is 0 Å². The second-order valence-electron chi connectivity index (χ2n) is 2.05. The van der Waals surface area contributed by atoms with Crippen LogP contribution in [0.25, 0.3) is 6.08 Å². The zero-order valence-electron chi connectivity index (χ0n) is 6.79. The van der Waals surface area contributed by atoms with Crippen molar-refractivity contribution in [2.45, 2.75) is 0 Å². The molecule has 1 aromatic rings. The molecule has 3 N–H and O–H groups in total. The van der Waals surface area contributed by atoms with Gasteiger partial charge in [0.15, 0.2) is 0 Å². The van der Waals surface area contributed by atoms with Crippen molar-refractivity contribution in [1.82, 2.24) is 0 Å². The summed E-state index contributed by atoms with van der Waals surface area (Å²) in [6.45, 7) is 3.58. The van der Waals surface area contributed by atoms with Crippen molar-refractivity contribution >= 4 is 14.3 Å². The lowest BCUT2D eigenvalue weighted by Gasteiger charge is -1.90. The highest BCUT2D eigenvalue weighted by molar-refractivity contribution is 7.30. The standard InChI is InChI=1S/C8H8O.HO3P/c1-2-7-3-5-8(9)6-4-7;1-4(2)3/h2-6,9H,1H2;(H-,1,2,3)/p+1. The lowest BCUT2D eigenvalue weighted by Crippen LogP contribution is -1.67. The van der Waals surface area contributed by atoms with Crippen LogP contribution in [0.15, 0.2) is 30.8 Å². The van der Waals surface area contributed by atoms with E-state index in [0.717, 1.165) is 5.56 Å². The number of phenols is 1. The molecule has 0 fully saturated rings. The Kier molecular flexibility index (Phi) is 5.72. The van der Waals surface area contributed by atoms with Gasteiger partial charge in [0.05, 0.1) is 0 Å². The number of phenolic OH excluding ortho intramolecular Hbond substituents is 1. The van der Waals surface area contributed by atoms with Crippen molar-refractivity contribution in [3.63, 3.8) is 0 Å². The minimum atomic E-state index is -2.87. The Morgan fingerprint density at radius 3 is 1.92 bits per heavy atom. The van der Waals surface area contributed by atoms with E-state index in [2.05, 4.69) is 6.58 Å². The van der Waals surface area contributed by atoms with Crippen LogP contribution in [0.5, 0.6) is 5.75 Å². The molecule has 0 heterocycles. The van der Waals surface area contributed by atoms with Gasteiger partial charge in [-0.3, -0.25) is 0 Å². The maximum Gasteiger partial charge on any atom is 0.692 e. The summed E-state index contributed by atoms with van der Waals surface area (Å²) in [4.78, 5) is 14.2. The predicted octanol–water partition coefficient (Wildman–Crippen LogP) is 1.66. The van der Waals surface area contributed by atoms with Gasteiger partial charge in [-0.25, -0.2) is 0 Å². The number of rotatable bonds is 1. The van der Waals surface area contributed by atoms with Gasteiger partial charge in [-0.15, -0.1) is 9.79 Å². The molecule has 0 aromatic heterocycles. The number of aromatic hydroxyl groups is 1. The molecule has 0 atom stereocenters. The molecule has 70 valence electrons. The second kappa shape index (κ2) is 6.31. The van der Waals surface area contributed by atoms with Gasteiger partial charge in [0.25, 0.3) is 0 Å². The minimum Gasteiger partial charge on any atom is -0.508 e. The van der Waals surface area contributed by atoms with Crippen LogP contribution < -0.4 is 0 Å². The molecule has 0 bridgehead atoms. The third-order valence-corrected chi connectivity index (χ3v) is 1.13. The summed E-state index contributed by atoms with van der Waals surface area (Å²) in [6.07, 6.45) is 1.74. The maximum atomic E-state index is 8.82. The molecule has 0 saturated carbocycles. The highest BCUT2D eigenvalue weighted by Gasteiger charge is 1.93. The molecular formula is C8H10O4P+. The molecule has 0 amide bonds. The SMILES string of the molecule is C=Cc1ccc(O)cc1.O=[P+](O)O. The van der Waals surface area contributed by atoms with E-state index in [4.69, 9.17) is 19.5 Å². The first-order valence-electron chi connectivity index (χ1n) is 3.32. The van der Waals surface area contributed by atoms with E-state index in [1.165, 1.54) is 0 Å². The fraction of sp³-hybridized carbons (Fsp3) is 0. The van der Waals surface area contributed by atoms with E-state index in [1.54, 1.807) is 18.2 Å². The highest BCUT2D eigenvalue weighted by Crippen LogP contribution is 2.09. The Balaban J connectivity index is 0.000000310. The largest absolute Gasteiger partial charge is 0.692 e. The Bertz CT molecular complexity index is 277. The fourth-order valence-electron chi connectivity index (χ4n) is 0.610. The first-order chi connectivity index (χ1) is 6.06. The molecule has 1 rings (SSSR count). The van der Waals surface area contributed by atoms with Crippen LogP contribution in [0, 0.1) is 0 Å². The van der Waals surface area contributed by atoms with Crippen molar-refractivity contribution in [2.24, 2.45) is 0 Å². The van der Waals surface area contributed by atoms with Gasteiger partial charge in [-0.05, 0) is 17.7 Å². The molecule has 0 aliphatic rings. The number of hydrogen-bond acceptors (Lipinski definition) is 2. The van der Waals surface area contributed by atoms with Crippen LogP contribution in [0.4, 0.5) is 0 Å². The Morgan fingerprint density at radius 2 is 1.62 bits per heavy atom.